The first kappa shape index (κ1) is 33.4. The average molecular weight is 679 g/mol. The second kappa shape index (κ2) is 13.9. The summed E-state index contributed by atoms with van der Waals surface area (Å²) in [4.78, 5) is 24.9. The van der Waals surface area contributed by atoms with Gasteiger partial charge in [0, 0.05) is 49.1 Å². The van der Waals surface area contributed by atoms with Crippen LogP contribution in [0.1, 0.15) is 73.1 Å². The molecule has 1 N–H and O–H groups in total. The van der Waals surface area contributed by atoms with Crippen molar-refractivity contribution in [1.29, 1.82) is 0 Å². The van der Waals surface area contributed by atoms with Gasteiger partial charge in [0.2, 0.25) is 10.0 Å². The van der Waals surface area contributed by atoms with Gasteiger partial charge in [0.15, 0.2) is 0 Å². The van der Waals surface area contributed by atoms with Gasteiger partial charge in [-0.1, -0.05) is 36.7 Å². The SMILES string of the molecule is CO[C@]1(c2cnccn2)/C=C/C[C@H](C)[C@@H](C)S(=O)(=O)NC(=O)c2ccc3c(c2)N(CCCCc2cc(Cl)ccc2CO3)C[C@@H]2CC[C@H]21. The molecule has 1 aromatic heterocycles. The van der Waals surface area contributed by atoms with Crippen LogP contribution in [-0.4, -0.2) is 49.7 Å². The highest BCUT2D eigenvalue weighted by molar-refractivity contribution is 7.90. The molecule has 2 aliphatic heterocycles. The second-order valence-electron chi connectivity index (χ2n) is 13.1. The van der Waals surface area contributed by atoms with Gasteiger partial charge in [-0.15, -0.1) is 0 Å². The van der Waals surface area contributed by atoms with Gasteiger partial charge in [-0.3, -0.25) is 14.8 Å². The molecule has 3 aliphatic rings. The second-order valence-corrected chi connectivity index (χ2v) is 15.6. The van der Waals surface area contributed by atoms with Crippen LogP contribution >= 0.6 is 11.6 Å². The quantitative estimate of drug-likeness (QED) is 0.308. The summed E-state index contributed by atoms with van der Waals surface area (Å²) < 4.78 is 42.1. The van der Waals surface area contributed by atoms with Crippen molar-refractivity contribution in [2.24, 2.45) is 17.8 Å². The average Bonchev–Trinajstić information content (AvgIpc) is 3.08. The first-order valence-corrected chi connectivity index (χ1v) is 18.4. The Kier molecular flexibility index (Phi) is 9.92. The predicted octanol–water partition coefficient (Wildman–Crippen LogP) is 6.46. The number of nitrogens with zero attached hydrogens (tertiary/aromatic N) is 3. The van der Waals surface area contributed by atoms with Crippen LogP contribution < -0.4 is 14.4 Å². The van der Waals surface area contributed by atoms with E-state index in [4.69, 9.17) is 26.1 Å². The molecule has 1 fully saturated rings. The van der Waals surface area contributed by atoms with Crippen molar-refractivity contribution >= 4 is 33.2 Å². The van der Waals surface area contributed by atoms with Crippen molar-refractivity contribution in [2.45, 2.75) is 69.8 Å². The smallest absolute Gasteiger partial charge is 0.264 e. The third-order valence-corrected chi connectivity index (χ3v) is 12.5. The zero-order valence-electron chi connectivity index (χ0n) is 27.2. The number of allylic oxidation sites excluding steroid dienone is 1. The number of methoxy groups -OCH3 is 1. The lowest BCUT2D eigenvalue weighted by atomic mass is 9.63. The van der Waals surface area contributed by atoms with Crippen LogP contribution in [0.4, 0.5) is 5.69 Å². The molecule has 3 aromatic rings. The molecule has 250 valence electrons. The number of nitrogens with one attached hydrogen (secondary N) is 1. The minimum Gasteiger partial charge on any atom is -0.487 e. The van der Waals surface area contributed by atoms with E-state index in [-0.39, 0.29) is 23.3 Å². The molecular weight excluding hydrogens is 636 g/mol. The number of halogens is 1. The van der Waals surface area contributed by atoms with Gasteiger partial charge >= 0.3 is 0 Å². The van der Waals surface area contributed by atoms with Crippen LogP contribution in [0.5, 0.6) is 5.75 Å². The number of aromatic nitrogens is 2. The Balaban J connectivity index is 1.45. The third-order valence-electron chi connectivity index (χ3n) is 10.4. The molecule has 6 rings (SSSR count). The molecule has 0 radical (unpaired) electrons. The van der Waals surface area contributed by atoms with Crippen molar-refractivity contribution in [3.63, 3.8) is 0 Å². The molecular formula is C36H43ClN4O5S. The molecule has 2 bridgehead atoms. The summed E-state index contributed by atoms with van der Waals surface area (Å²) in [6, 6.07) is 11.1. The monoisotopic (exact) mass is 678 g/mol. The maximum absolute atomic E-state index is 13.5. The molecule has 0 unspecified atom stereocenters. The Morgan fingerprint density at radius 3 is 2.68 bits per heavy atom. The standard InChI is InChI=1S/C36H43ClN4O5S/c1-24-7-6-15-36(45-3,34-21-38-16-17-39-34)31-13-10-28(31)22-41-18-5-4-8-26-19-30(37)12-9-29(26)23-46-33-14-11-27(20-32(33)41)35(42)40-47(43,44)25(24)2/h6,9,11-12,14-17,19-21,24-25,28,31H,4-5,7-8,10,13,18,22-23H2,1-3H3,(H,40,42)/b15-6+/t24-,25+,28-,31+,36+/m0/s1. The van der Waals surface area contributed by atoms with E-state index in [0.29, 0.717) is 30.3 Å². The minimum atomic E-state index is -3.97. The number of ether oxygens (including phenoxy) is 2. The summed E-state index contributed by atoms with van der Waals surface area (Å²) in [5.74, 6) is 0.0689. The van der Waals surface area contributed by atoms with E-state index in [0.717, 1.165) is 55.6 Å². The van der Waals surface area contributed by atoms with Crippen LogP contribution in [0.15, 0.2) is 67.1 Å². The van der Waals surface area contributed by atoms with Crippen molar-refractivity contribution < 1.29 is 22.7 Å². The van der Waals surface area contributed by atoms with Crippen LogP contribution in [0, 0.1) is 17.8 Å². The first-order valence-electron chi connectivity index (χ1n) is 16.5. The zero-order valence-corrected chi connectivity index (χ0v) is 28.8. The van der Waals surface area contributed by atoms with Crippen molar-refractivity contribution in [1.82, 2.24) is 14.7 Å². The Bertz CT molecular complexity index is 1740. The van der Waals surface area contributed by atoms with E-state index in [1.165, 1.54) is 5.56 Å². The fourth-order valence-electron chi connectivity index (χ4n) is 7.17. The number of carbonyl (C=O) groups is 1. The summed E-state index contributed by atoms with van der Waals surface area (Å²) in [5, 5.41) is -0.114. The van der Waals surface area contributed by atoms with Gasteiger partial charge in [-0.05, 0) is 98.7 Å². The molecule has 47 heavy (non-hydrogen) atoms. The molecule has 0 spiro atoms. The largest absolute Gasteiger partial charge is 0.487 e. The Hall–Kier alpha value is -3.47. The van der Waals surface area contributed by atoms with Gasteiger partial charge in [0.05, 0.1) is 22.8 Å². The lowest BCUT2D eigenvalue weighted by molar-refractivity contribution is -0.0832. The van der Waals surface area contributed by atoms with Gasteiger partial charge in [-0.25, -0.2) is 13.1 Å². The molecule has 5 atom stereocenters. The lowest BCUT2D eigenvalue weighted by Crippen LogP contribution is -2.50. The molecule has 2 aromatic carbocycles. The number of carbonyl (C=O) groups excluding carboxylic acids is 1. The molecule has 1 aliphatic carbocycles. The highest BCUT2D eigenvalue weighted by Crippen LogP contribution is 2.50. The van der Waals surface area contributed by atoms with E-state index >= 15 is 0 Å². The Labute approximate surface area is 282 Å². The summed E-state index contributed by atoms with van der Waals surface area (Å²) in [6.07, 6.45) is 14.3. The van der Waals surface area contributed by atoms with Crippen LogP contribution in [0.25, 0.3) is 0 Å². The third kappa shape index (κ3) is 6.91. The molecule has 11 heteroatoms. The number of hydrogen-bond acceptors (Lipinski definition) is 8. The van der Waals surface area contributed by atoms with E-state index < -0.39 is 26.8 Å². The van der Waals surface area contributed by atoms with Crippen molar-refractivity contribution in [3.8, 4) is 5.75 Å². The summed E-state index contributed by atoms with van der Waals surface area (Å²) in [7, 11) is -2.26. The van der Waals surface area contributed by atoms with Gasteiger partial charge < -0.3 is 14.4 Å². The van der Waals surface area contributed by atoms with Crippen LogP contribution in [0.2, 0.25) is 5.02 Å². The fourth-order valence-corrected chi connectivity index (χ4v) is 8.65. The number of aryl methyl sites for hydroxylation is 1. The van der Waals surface area contributed by atoms with Gasteiger partial charge in [0.1, 0.15) is 18.0 Å². The van der Waals surface area contributed by atoms with Crippen LogP contribution in [-0.2, 0) is 33.4 Å². The summed E-state index contributed by atoms with van der Waals surface area (Å²) in [5.41, 5.74) is 3.17. The summed E-state index contributed by atoms with van der Waals surface area (Å²) in [6.45, 7) is 5.30. The minimum absolute atomic E-state index is 0.102. The number of sulfonamides is 1. The number of amides is 1. The first-order chi connectivity index (χ1) is 22.6. The number of hydrogen-bond donors (Lipinski definition) is 1. The fraction of sp³-hybridized carbons (Fsp3) is 0.472. The predicted molar refractivity (Wildman–Crippen MR) is 183 cm³/mol. The number of rotatable bonds is 2. The van der Waals surface area contributed by atoms with Crippen molar-refractivity contribution in [2.75, 3.05) is 25.1 Å². The molecule has 1 amide bonds. The van der Waals surface area contributed by atoms with E-state index in [9.17, 15) is 13.2 Å². The molecule has 3 heterocycles. The van der Waals surface area contributed by atoms with Crippen molar-refractivity contribution in [3.05, 3.63) is 94.5 Å². The Morgan fingerprint density at radius 2 is 1.94 bits per heavy atom. The maximum Gasteiger partial charge on any atom is 0.264 e. The van der Waals surface area contributed by atoms with Gasteiger partial charge in [0.25, 0.3) is 5.91 Å². The van der Waals surface area contributed by atoms with Crippen LogP contribution in [0.3, 0.4) is 0 Å². The maximum atomic E-state index is 13.5. The normalized spacial score (nSPS) is 28.7. The zero-order chi connectivity index (χ0) is 33.2. The highest BCUT2D eigenvalue weighted by Gasteiger charge is 2.49. The number of benzene rings is 2. The Morgan fingerprint density at radius 1 is 1.09 bits per heavy atom. The highest BCUT2D eigenvalue weighted by atomic mass is 35.5. The van der Waals surface area contributed by atoms with Gasteiger partial charge in [-0.2, -0.15) is 0 Å². The van der Waals surface area contributed by atoms with E-state index in [1.54, 1.807) is 50.8 Å². The molecule has 1 saturated carbocycles. The number of fused-ring (bicyclic) bond motifs is 3. The van der Waals surface area contributed by atoms with E-state index in [1.807, 2.05) is 31.2 Å². The number of anilines is 1. The summed E-state index contributed by atoms with van der Waals surface area (Å²) >= 11 is 6.36. The lowest BCUT2D eigenvalue weighted by Gasteiger charge is -2.49. The van der Waals surface area contributed by atoms with E-state index in [2.05, 4.69) is 20.7 Å². The molecule has 9 nitrogen and oxygen atoms in total. The topological polar surface area (TPSA) is 111 Å². The molecule has 0 saturated heterocycles.